The molecule has 0 radical (unpaired) electrons. The number of piperazine rings is 1. The third-order valence-corrected chi connectivity index (χ3v) is 4.01. The minimum atomic E-state index is -4.35. The molecule has 1 saturated heterocycles. The van der Waals surface area contributed by atoms with Gasteiger partial charge in [-0.05, 0) is 41.4 Å². The van der Waals surface area contributed by atoms with Crippen molar-refractivity contribution in [1.82, 2.24) is 15.0 Å². The lowest BCUT2D eigenvalue weighted by Crippen LogP contribution is -2.47. The van der Waals surface area contributed by atoms with Crippen molar-refractivity contribution < 1.29 is 13.2 Å². The topological polar surface area (TPSA) is 45.2 Å². The lowest BCUT2D eigenvalue weighted by atomic mass is 10.1. The van der Waals surface area contributed by atoms with Crippen molar-refractivity contribution in [2.45, 2.75) is 6.18 Å². The Kier molecular flexibility index (Phi) is 4.69. The molecule has 128 valence electrons. The van der Waals surface area contributed by atoms with Crippen LogP contribution in [0.5, 0.6) is 0 Å². The van der Waals surface area contributed by atoms with Gasteiger partial charge >= 0.3 is 6.18 Å². The summed E-state index contributed by atoms with van der Waals surface area (Å²) in [5.41, 5.74) is -0.116. The molecule has 1 aliphatic rings. The van der Waals surface area contributed by atoms with E-state index in [0.717, 1.165) is 12.1 Å². The summed E-state index contributed by atoms with van der Waals surface area (Å²) in [6.45, 7) is 2.13. The highest BCUT2D eigenvalue weighted by molar-refractivity contribution is 6.31. The van der Waals surface area contributed by atoms with E-state index in [9.17, 15) is 13.2 Å². The molecule has 2 aromatic rings. The molecule has 1 aromatic heterocycles. The minimum Gasteiger partial charge on any atom is -0.368 e. The number of rotatable bonds is 2. The summed E-state index contributed by atoms with van der Waals surface area (Å²) in [7, 11) is 0. The van der Waals surface area contributed by atoms with Crippen molar-refractivity contribution in [2.24, 2.45) is 0 Å². The van der Waals surface area contributed by atoms with Crippen LogP contribution in [-0.4, -0.2) is 41.1 Å². The fraction of sp³-hybridized carbons (Fsp3) is 0.357. The molecule has 0 N–H and O–H groups in total. The average Bonchev–Trinajstić information content (AvgIpc) is 2.53. The van der Waals surface area contributed by atoms with E-state index >= 15 is 0 Å². The maximum Gasteiger partial charge on any atom is 0.416 e. The van der Waals surface area contributed by atoms with Crippen molar-refractivity contribution in [3.63, 3.8) is 0 Å². The molecular formula is C14H12Cl2F3N5. The first-order chi connectivity index (χ1) is 11.3. The zero-order valence-electron chi connectivity index (χ0n) is 12.3. The van der Waals surface area contributed by atoms with Gasteiger partial charge in [-0.1, -0.05) is 6.07 Å². The number of hydrogen-bond donors (Lipinski definition) is 0. The van der Waals surface area contributed by atoms with Gasteiger partial charge in [-0.2, -0.15) is 28.1 Å². The Labute approximate surface area is 146 Å². The highest BCUT2D eigenvalue weighted by Crippen LogP contribution is 2.32. The van der Waals surface area contributed by atoms with Crippen molar-refractivity contribution in [3.8, 4) is 0 Å². The predicted molar refractivity (Wildman–Crippen MR) is 85.7 cm³/mol. The van der Waals surface area contributed by atoms with Crippen molar-refractivity contribution in [3.05, 3.63) is 40.4 Å². The Balaban J connectivity index is 1.71. The van der Waals surface area contributed by atoms with E-state index in [-0.39, 0.29) is 10.6 Å². The standard InChI is InChI=1S/C14H12Cl2F3N5/c15-11-20-12(16)22-13(21-11)24-6-4-23(5-7-24)10-3-1-2-9(8-10)14(17,18)19/h1-3,8H,4-7H2. The SMILES string of the molecule is FC(F)(F)c1cccc(N2CCN(c3nc(Cl)nc(Cl)n3)CC2)c1. The van der Waals surface area contributed by atoms with E-state index in [1.165, 1.54) is 6.07 Å². The number of halogens is 5. The molecule has 0 aliphatic carbocycles. The van der Waals surface area contributed by atoms with Gasteiger partial charge in [0.05, 0.1) is 5.56 Å². The smallest absolute Gasteiger partial charge is 0.368 e. The van der Waals surface area contributed by atoms with Crippen LogP contribution in [-0.2, 0) is 6.18 Å². The number of aromatic nitrogens is 3. The fourth-order valence-corrected chi connectivity index (χ4v) is 2.86. The first kappa shape index (κ1) is 17.0. The molecule has 0 bridgehead atoms. The Morgan fingerprint density at radius 3 is 2.04 bits per heavy atom. The molecule has 1 aliphatic heterocycles. The summed E-state index contributed by atoms with van der Waals surface area (Å²) in [4.78, 5) is 15.5. The molecule has 0 saturated carbocycles. The zero-order chi connectivity index (χ0) is 17.3. The van der Waals surface area contributed by atoms with Gasteiger partial charge in [0.25, 0.3) is 0 Å². The van der Waals surface area contributed by atoms with Gasteiger partial charge in [-0.25, -0.2) is 0 Å². The van der Waals surface area contributed by atoms with Crippen LogP contribution in [0.2, 0.25) is 10.6 Å². The maximum atomic E-state index is 12.8. The maximum absolute atomic E-state index is 12.8. The van der Waals surface area contributed by atoms with Gasteiger partial charge in [0.1, 0.15) is 0 Å². The largest absolute Gasteiger partial charge is 0.416 e. The Morgan fingerprint density at radius 2 is 1.46 bits per heavy atom. The summed E-state index contributed by atoms with van der Waals surface area (Å²) in [5.74, 6) is 0.365. The third-order valence-electron chi connectivity index (χ3n) is 3.67. The molecule has 0 unspecified atom stereocenters. The van der Waals surface area contributed by atoms with Crippen molar-refractivity contribution >= 4 is 34.8 Å². The van der Waals surface area contributed by atoms with Gasteiger partial charge in [-0.15, -0.1) is 0 Å². The number of nitrogens with zero attached hydrogens (tertiary/aromatic N) is 5. The van der Waals surface area contributed by atoms with Gasteiger partial charge in [0.2, 0.25) is 16.5 Å². The molecule has 0 amide bonds. The predicted octanol–water partition coefficient (Wildman–Crippen LogP) is 3.52. The number of anilines is 2. The van der Waals surface area contributed by atoms with Crippen LogP contribution in [0.25, 0.3) is 0 Å². The van der Waals surface area contributed by atoms with E-state index in [1.807, 2.05) is 9.80 Å². The van der Waals surface area contributed by atoms with Gasteiger partial charge < -0.3 is 9.80 Å². The summed E-state index contributed by atoms with van der Waals surface area (Å²) < 4.78 is 38.5. The highest BCUT2D eigenvalue weighted by atomic mass is 35.5. The highest BCUT2D eigenvalue weighted by Gasteiger charge is 2.31. The normalized spacial score (nSPS) is 15.7. The van der Waals surface area contributed by atoms with Crippen LogP contribution < -0.4 is 9.80 Å². The molecule has 3 rings (SSSR count). The van der Waals surface area contributed by atoms with E-state index in [0.29, 0.717) is 37.8 Å². The first-order valence-corrected chi connectivity index (χ1v) is 7.83. The number of benzene rings is 1. The minimum absolute atomic E-state index is 0.00491. The molecule has 2 heterocycles. The summed E-state index contributed by atoms with van der Waals surface area (Å²) >= 11 is 11.5. The molecule has 0 spiro atoms. The van der Waals surface area contributed by atoms with E-state index in [4.69, 9.17) is 23.2 Å². The lowest BCUT2D eigenvalue weighted by molar-refractivity contribution is -0.137. The van der Waals surface area contributed by atoms with E-state index in [2.05, 4.69) is 15.0 Å². The van der Waals surface area contributed by atoms with Gasteiger partial charge in [-0.3, -0.25) is 0 Å². The van der Waals surface area contributed by atoms with Crippen LogP contribution in [0.15, 0.2) is 24.3 Å². The second-order valence-corrected chi connectivity index (χ2v) is 5.87. The van der Waals surface area contributed by atoms with Crippen LogP contribution in [0.4, 0.5) is 24.8 Å². The lowest BCUT2D eigenvalue weighted by Gasteiger charge is -2.36. The summed E-state index contributed by atoms with van der Waals surface area (Å²) in [6.07, 6.45) is -4.35. The third kappa shape index (κ3) is 3.81. The summed E-state index contributed by atoms with van der Waals surface area (Å²) in [5, 5.41) is 0.00983. The number of hydrogen-bond acceptors (Lipinski definition) is 5. The molecule has 1 fully saturated rings. The second kappa shape index (κ2) is 6.60. The first-order valence-electron chi connectivity index (χ1n) is 7.07. The molecule has 0 atom stereocenters. The molecule has 5 nitrogen and oxygen atoms in total. The molecular weight excluding hydrogens is 366 g/mol. The molecule has 1 aromatic carbocycles. The molecule has 24 heavy (non-hydrogen) atoms. The second-order valence-electron chi connectivity index (χ2n) is 5.20. The molecule has 10 heteroatoms. The number of alkyl halides is 3. The van der Waals surface area contributed by atoms with Crippen LogP contribution in [0.1, 0.15) is 5.56 Å². The van der Waals surface area contributed by atoms with E-state index in [1.54, 1.807) is 6.07 Å². The fourth-order valence-electron chi connectivity index (χ4n) is 2.50. The van der Waals surface area contributed by atoms with Crippen LogP contribution >= 0.6 is 23.2 Å². The van der Waals surface area contributed by atoms with Gasteiger partial charge in [0.15, 0.2) is 0 Å². The Hall–Kier alpha value is -1.80. The summed E-state index contributed by atoms with van der Waals surface area (Å²) in [6, 6.07) is 5.30. The van der Waals surface area contributed by atoms with Crippen molar-refractivity contribution in [2.75, 3.05) is 36.0 Å². The van der Waals surface area contributed by atoms with Crippen molar-refractivity contribution in [1.29, 1.82) is 0 Å². The van der Waals surface area contributed by atoms with E-state index < -0.39 is 11.7 Å². The Morgan fingerprint density at radius 1 is 0.875 bits per heavy atom. The quantitative estimate of drug-likeness (QED) is 0.800. The average molecular weight is 378 g/mol. The zero-order valence-corrected chi connectivity index (χ0v) is 13.8. The Bertz CT molecular complexity index is 712. The monoisotopic (exact) mass is 377 g/mol. The van der Waals surface area contributed by atoms with Gasteiger partial charge in [0, 0.05) is 31.9 Å². The van der Waals surface area contributed by atoms with Crippen LogP contribution in [0, 0.1) is 0 Å². The van der Waals surface area contributed by atoms with Crippen LogP contribution in [0.3, 0.4) is 0 Å².